The lowest BCUT2D eigenvalue weighted by Crippen LogP contribution is -2.41. The van der Waals surface area contributed by atoms with Gasteiger partial charge in [0.2, 0.25) is 0 Å². The second kappa shape index (κ2) is 13.1. The van der Waals surface area contributed by atoms with E-state index in [9.17, 15) is 9.59 Å². The van der Waals surface area contributed by atoms with Crippen molar-refractivity contribution in [2.75, 3.05) is 0 Å². The number of ether oxygens (including phenoxy) is 1. The maximum Gasteiger partial charge on any atom is 0.343 e. The van der Waals surface area contributed by atoms with Crippen molar-refractivity contribution in [3.63, 3.8) is 0 Å². The number of carbonyl (C=O) groups excluding carboxylic acids is 2. The van der Waals surface area contributed by atoms with Crippen LogP contribution in [0.2, 0.25) is 0 Å². The molecule has 0 fully saturated rings. The van der Waals surface area contributed by atoms with Crippen LogP contribution in [-0.2, 0) is 14.3 Å². The maximum atomic E-state index is 14.4. The van der Waals surface area contributed by atoms with E-state index < -0.39 is 18.5 Å². The third kappa shape index (κ3) is 7.23. The summed E-state index contributed by atoms with van der Waals surface area (Å²) in [5, 5.41) is 3.15. The molecule has 0 saturated heterocycles. The molecule has 3 nitrogen and oxygen atoms in total. The Balaban J connectivity index is 2.40. The first-order chi connectivity index (χ1) is 18.1. The summed E-state index contributed by atoms with van der Waals surface area (Å²) in [7, 11) is 0. The second-order valence-corrected chi connectivity index (χ2v) is 14.5. The summed E-state index contributed by atoms with van der Waals surface area (Å²) in [4.78, 5) is 28.6. The summed E-state index contributed by atoms with van der Waals surface area (Å²) in [6.45, 7) is 8.94. The Bertz CT molecular complexity index is 1190. The van der Waals surface area contributed by atoms with Gasteiger partial charge in [-0.25, -0.2) is 4.79 Å². The van der Waals surface area contributed by atoms with Crippen LogP contribution in [0.5, 0.6) is 0 Å². The summed E-state index contributed by atoms with van der Waals surface area (Å²) < 4.78 is 6.01. The zero-order valence-corrected chi connectivity index (χ0v) is 24.5. The molecule has 200 valence electrons. The number of Topliss-reactive ketones (excluding diaryl/α,β-unsaturated/α-hetero) is 1. The molecule has 0 aromatic heterocycles. The molecule has 0 radical (unpaired) electrons. The van der Waals surface area contributed by atoms with Crippen LogP contribution >= 0.6 is 6.89 Å². The highest BCUT2D eigenvalue weighted by atomic mass is 31.2. The van der Waals surface area contributed by atoms with Crippen molar-refractivity contribution in [3.8, 4) is 0 Å². The van der Waals surface area contributed by atoms with Gasteiger partial charge in [-0.15, -0.1) is 0 Å². The summed E-state index contributed by atoms with van der Waals surface area (Å²) >= 11 is 0. The van der Waals surface area contributed by atoms with Crippen LogP contribution in [0.3, 0.4) is 0 Å². The molecule has 0 aliphatic heterocycles. The van der Waals surface area contributed by atoms with E-state index in [2.05, 4.69) is 26.8 Å². The maximum absolute atomic E-state index is 14.4. The van der Waals surface area contributed by atoms with Gasteiger partial charge in [0.1, 0.15) is 10.9 Å². The van der Waals surface area contributed by atoms with Crippen molar-refractivity contribution in [1.82, 2.24) is 0 Å². The molecular formula is C34H41O3P. The van der Waals surface area contributed by atoms with Crippen molar-refractivity contribution in [2.45, 2.75) is 66.4 Å². The first kappa shape index (κ1) is 29.4. The van der Waals surface area contributed by atoms with Gasteiger partial charge in [-0.1, -0.05) is 110 Å². The second-order valence-electron chi connectivity index (χ2n) is 11.1. The molecule has 0 aliphatic rings. The van der Waals surface area contributed by atoms with Crippen LogP contribution in [0.4, 0.5) is 0 Å². The van der Waals surface area contributed by atoms with Gasteiger partial charge in [0.25, 0.3) is 0 Å². The number of rotatable bonds is 10. The zero-order valence-electron chi connectivity index (χ0n) is 23.6. The van der Waals surface area contributed by atoms with E-state index in [1.165, 1.54) is 5.57 Å². The van der Waals surface area contributed by atoms with E-state index in [1.54, 1.807) is 0 Å². The van der Waals surface area contributed by atoms with Gasteiger partial charge in [0, 0.05) is 6.42 Å². The Morgan fingerprint density at radius 3 is 1.58 bits per heavy atom. The van der Waals surface area contributed by atoms with Crippen LogP contribution in [0.15, 0.2) is 103 Å². The number of esters is 1. The summed E-state index contributed by atoms with van der Waals surface area (Å²) in [6, 6.07) is 30.1. The average Bonchev–Trinajstić information content (AvgIpc) is 2.87. The lowest BCUT2D eigenvalue weighted by Gasteiger charge is -2.33. The predicted molar refractivity (Wildman–Crippen MR) is 163 cm³/mol. The van der Waals surface area contributed by atoms with Crippen LogP contribution in [0, 0.1) is 5.92 Å². The van der Waals surface area contributed by atoms with Gasteiger partial charge in [-0.2, -0.15) is 0 Å². The number of hydrogen-bond acceptors (Lipinski definition) is 3. The van der Waals surface area contributed by atoms with Gasteiger partial charge in [0.05, 0.1) is 0 Å². The molecule has 0 aliphatic carbocycles. The molecule has 0 amide bonds. The van der Waals surface area contributed by atoms with Gasteiger partial charge in [0.15, 0.2) is 5.78 Å². The van der Waals surface area contributed by atoms with E-state index in [0.29, 0.717) is 6.42 Å². The highest BCUT2D eigenvalue weighted by molar-refractivity contribution is 7.97. The van der Waals surface area contributed by atoms with Crippen molar-refractivity contribution in [1.29, 1.82) is 0 Å². The minimum Gasteiger partial charge on any atom is -0.456 e. The fourth-order valence-electron chi connectivity index (χ4n) is 4.73. The standard InChI is InChI=1S/C34H41O3P/c1-26(2)17-16-18-27(3)25-31(35)32(33(36)37-34(4,5)6)38(28-19-10-7-11-20-28,29-21-12-8-13-22-29)30-23-14-9-15-24-30/h7-15,17,19-24,27H,16,18,25H2,1-6H3. The van der Waals surface area contributed by atoms with Crippen LogP contribution < -0.4 is 15.9 Å². The highest BCUT2D eigenvalue weighted by Gasteiger charge is 2.39. The van der Waals surface area contributed by atoms with E-state index in [4.69, 9.17) is 4.74 Å². The molecule has 0 bridgehead atoms. The Kier molecular flexibility index (Phi) is 10.1. The van der Waals surface area contributed by atoms with Crippen LogP contribution in [-0.4, -0.2) is 22.6 Å². The highest BCUT2D eigenvalue weighted by Crippen LogP contribution is 2.47. The van der Waals surface area contributed by atoms with Crippen molar-refractivity contribution in [3.05, 3.63) is 103 Å². The monoisotopic (exact) mass is 528 g/mol. The molecule has 3 rings (SSSR count). The van der Waals surface area contributed by atoms with Crippen molar-refractivity contribution >= 4 is 39.8 Å². The molecular weight excluding hydrogens is 487 g/mol. The molecule has 38 heavy (non-hydrogen) atoms. The quantitative estimate of drug-likeness (QED) is 0.125. The number of hydrogen-bond donors (Lipinski definition) is 0. The summed E-state index contributed by atoms with van der Waals surface area (Å²) in [5.74, 6) is -0.530. The first-order valence-corrected chi connectivity index (χ1v) is 15.2. The van der Waals surface area contributed by atoms with Crippen LogP contribution in [0.25, 0.3) is 0 Å². The van der Waals surface area contributed by atoms with Gasteiger partial charge < -0.3 is 4.74 Å². The fourth-order valence-corrected chi connectivity index (χ4v) is 9.04. The average molecular weight is 529 g/mol. The van der Waals surface area contributed by atoms with E-state index in [0.717, 1.165) is 28.8 Å². The zero-order chi connectivity index (χ0) is 27.8. The largest absolute Gasteiger partial charge is 0.456 e. The Labute approximate surface area is 228 Å². The Morgan fingerprint density at radius 1 is 0.789 bits per heavy atom. The molecule has 0 saturated carbocycles. The predicted octanol–water partition coefficient (Wildman–Crippen LogP) is 6.84. The minimum atomic E-state index is -2.88. The van der Waals surface area contributed by atoms with Gasteiger partial charge in [-0.05, 0) is 76.2 Å². The molecule has 3 aromatic carbocycles. The van der Waals surface area contributed by atoms with E-state index in [1.807, 2.05) is 112 Å². The first-order valence-electron chi connectivity index (χ1n) is 13.4. The summed E-state index contributed by atoms with van der Waals surface area (Å²) in [5.41, 5.74) is 0.531. The Hall–Kier alpha value is -3.16. The van der Waals surface area contributed by atoms with Gasteiger partial charge >= 0.3 is 5.97 Å². The molecule has 0 spiro atoms. The SMILES string of the molecule is CC(C)=CCCC(C)CC(=O)C(C(=O)OC(C)(C)C)=P(c1ccccc1)(c1ccccc1)c1ccccc1. The molecule has 1 unspecified atom stereocenters. The molecule has 3 aromatic rings. The minimum absolute atomic E-state index is 0.125. The molecule has 1 atom stereocenters. The normalized spacial score (nSPS) is 12.4. The van der Waals surface area contributed by atoms with Gasteiger partial charge in [-0.3, -0.25) is 4.79 Å². The number of ketones is 1. The third-order valence-electron chi connectivity index (χ3n) is 6.37. The molecule has 0 N–H and O–H groups in total. The van der Waals surface area contributed by atoms with Crippen molar-refractivity contribution in [2.24, 2.45) is 5.92 Å². The topological polar surface area (TPSA) is 43.4 Å². The fraction of sp³-hybridized carbons (Fsp3) is 0.324. The van der Waals surface area contributed by atoms with E-state index in [-0.39, 0.29) is 17.0 Å². The Morgan fingerprint density at radius 2 is 1.21 bits per heavy atom. The number of allylic oxidation sites excluding steroid dienone is 2. The number of carbonyl (C=O) groups is 2. The molecule has 0 heterocycles. The van der Waals surface area contributed by atoms with E-state index >= 15 is 0 Å². The smallest absolute Gasteiger partial charge is 0.343 e. The summed E-state index contributed by atoms with van der Waals surface area (Å²) in [6.07, 6.45) is 4.29. The lowest BCUT2D eigenvalue weighted by atomic mass is 9.97. The lowest BCUT2D eigenvalue weighted by molar-refractivity contribution is -0.146. The third-order valence-corrected chi connectivity index (χ3v) is 10.7. The number of benzene rings is 3. The van der Waals surface area contributed by atoms with Crippen molar-refractivity contribution < 1.29 is 14.3 Å². The van der Waals surface area contributed by atoms with Crippen LogP contribution in [0.1, 0.15) is 60.8 Å². The molecule has 4 heteroatoms.